The number of carbonyl (C=O) groups excluding carboxylic acids is 2. The molecule has 1 unspecified atom stereocenters. The average molecular weight is 468 g/mol. The van der Waals surface area contributed by atoms with Gasteiger partial charge in [-0.1, -0.05) is 30.8 Å². The second kappa shape index (κ2) is 8.71. The number of aromatic nitrogens is 2. The standard InChI is InChI=1S/C23H25N5O2S2/c1-12-6-9-15-17(10-12)32-22-19(15)20(24)27-23(28-22)31-11-18(29)26-16-5-3-2-4-14(16)21(30)25-13-7-8-13/h2-5,12-13H,6-11H2,1H3,(H,25,30)(H,26,29)(H2,24,27,28). The number of aryl methyl sites for hydroxylation is 1. The molecular formula is C23H25N5O2S2. The maximum absolute atomic E-state index is 12.6. The van der Waals surface area contributed by atoms with E-state index in [9.17, 15) is 9.59 Å². The first kappa shape index (κ1) is 21.2. The maximum Gasteiger partial charge on any atom is 0.253 e. The molecule has 9 heteroatoms. The number of fused-ring (bicyclic) bond motifs is 3. The van der Waals surface area contributed by atoms with Crippen LogP contribution in [0.4, 0.5) is 11.5 Å². The topological polar surface area (TPSA) is 110 Å². The molecule has 2 heterocycles. The Kier molecular flexibility index (Phi) is 5.77. The minimum Gasteiger partial charge on any atom is -0.383 e. The van der Waals surface area contributed by atoms with Gasteiger partial charge in [0.25, 0.3) is 5.91 Å². The molecule has 32 heavy (non-hydrogen) atoms. The highest BCUT2D eigenvalue weighted by Crippen LogP contribution is 2.40. The number of nitrogen functional groups attached to an aromatic ring is 1. The molecule has 1 atom stereocenters. The van der Waals surface area contributed by atoms with Crippen molar-refractivity contribution in [2.24, 2.45) is 5.92 Å². The molecule has 0 spiro atoms. The minimum atomic E-state index is -0.219. The number of benzene rings is 1. The van der Waals surface area contributed by atoms with E-state index in [1.807, 2.05) is 0 Å². The zero-order chi connectivity index (χ0) is 22.2. The molecule has 2 aliphatic carbocycles. The van der Waals surface area contributed by atoms with E-state index in [0.717, 1.165) is 42.3 Å². The number of nitrogens with two attached hydrogens (primary N) is 1. The number of amides is 2. The Labute approximate surface area is 194 Å². The third kappa shape index (κ3) is 4.45. The second-order valence-corrected chi connectivity index (χ2v) is 10.6. The number of thiophene rings is 1. The molecule has 7 nitrogen and oxygen atoms in total. The smallest absolute Gasteiger partial charge is 0.253 e. The Morgan fingerprint density at radius 3 is 2.84 bits per heavy atom. The normalized spacial score (nSPS) is 17.7. The van der Waals surface area contributed by atoms with E-state index in [1.54, 1.807) is 35.6 Å². The quantitative estimate of drug-likeness (QED) is 0.373. The predicted octanol–water partition coefficient (Wildman–Crippen LogP) is 4.02. The Bertz CT molecular complexity index is 1200. The van der Waals surface area contributed by atoms with Crippen LogP contribution in [0.25, 0.3) is 10.2 Å². The van der Waals surface area contributed by atoms with Crippen LogP contribution in [0.3, 0.4) is 0 Å². The summed E-state index contributed by atoms with van der Waals surface area (Å²) in [6, 6.07) is 7.30. The van der Waals surface area contributed by atoms with Gasteiger partial charge < -0.3 is 16.4 Å². The number of hydrogen-bond donors (Lipinski definition) is 3. The number of hydrogen-bond acceptors (Lipinski definition) is 7. The molecule has 1 saturated carbocycles. The summed E-state index contributed by atoms with van der Waals surface area (Å²) in [5.41, 5.74) is 8.56. The van der Waals surface area contributed by atoms with Gasteiger partial charge in [-0.25, -0.2) is 9.97 Å². The first-order valence-corrected chi connectivity index (χ1v) is 12.7. The Morgan fingerprint density at radius 2 is 2.03 bits per heavy atom. The summed E-state index contributed by atoms with van der Waals surface area (Å²) >= 11 is 2.94. The van der Waals surface area contributed by atoms with E-state index in [1.165, 1.54) is 22.2 Å². The van der Waals surface area contributed by atoms with Crippen LogP contribution in [0, 0.1) is 5.92 Å². The maximum atomic E-state index is 12.6. The lowest BCUT2D eigenvalue weighted by molar-refractivity contribution is -0.113. The number of nitrogens with one attached hydrogen (secondary N) is 2. The lowest BCUT2D eigenvalue weighted by atomic mass is 9.89. The van der Waals surface area contributed by atoms with Crippen molar-refractivity contribution in [2.75, 3.05) is 16.8 Å². The van der Waals surface area contributed by atoms with Gasteiger partial charge in [-0.15, -0.1) is 11.3 Å². The van der Waals surface area contributed by atoms with Crippen molar-refractivity contribution in [2.45, 2.75) is 50.2 Å². The molecule has 1 aromatic carbocycles. The lowest BCUT2D eigenvalue weighted by Gasteiger charge is -2.17. The predicted molar refractivity (Wildman–Crippen MR) is 129 cm³/mol. The zero-order valence-electron chi connectivity index (χ0n) is 17.8. The number of thioether (sulfide) groups is 1. The van der Waals surface area contributed by atoms with Gasteiger partial charge in [0.2, 0.25) is 5.91 Å². The summed E-state index contributed by atoms with van der Waals surface area (Å²) in [6.07, 6.45) is 5.27. The van der Waals surface area contributed by atoms with E-state index in [4.69, 9.17) is 5.73 Å². The van der Waals surface area contributed by atoms with Gasteiger partial charge in [-0.05, 0) is 55.7 Å². The molecule has 2 aromatic heterocycles. The van der Waals surface area contributed by atoms with Crippen molar-refractivity contribution in [1.82, 2.24) is 15.3 Å². The SMILES string of the molecule is CC1CCc2c(sc3nc(SCC(=O)Nc4ccccc4C(=O)NC4CC4)nc(N)c23)C1. The molecule has 0 aliphatic heterocycles. The van der Waals surface area contributed by atoms with Crippen LogP contribution in [0.1, 0.15) is 47.0 Å². The summed E-state index contributed by atoms with van der Waals surface area (Å²) in [5.74, 6) is 0.923. The molecule has 166 valence electrons. The van der Waals surface area contributed by atoms with Crippen molar-refractivity contribution < 1.29 is 9.59 Å². The highest BCUT2D eigenvalue weighted by atomic mass is 32.2. The van der Waals surface area contributed by atoms with Gasteiger partial charge in [0.15, 0.2) is 5.16 Å². The summed E-state index contributed by atoms with van der Waals surface area (Å²) in [5, 5.41) is 7.29. The van der Waals surface area contributed by atoms with E-state index in [0.29, 0.717) is 28.1 Å². The number of rotatable bonds is 6. The van der Waals surface area contributed by atoms with Crippen molar-refractivity contribution in [3.8, 4) is 0 Å². The third-order valence-electron chi connectivity index (χ3n) is 5.85. The molecule has 0 saturated heterocycles. The van der Waals surface area contributed by atoms with Gasteiger partial charge in [-0.2, -0.15) is 0 Å². The lowest BCUT2D eigenvalue weighted by Crippen LogP contribution is -2.27. The van der Waals surface area contributed by atoms with E-state index >= 15 is 0 Å². The number of anilines is 2. The molecular weight excluding hydrogens is 442 g/mol. The summed E-state index contributed by atoms with van der Waals surface area (Å²) in [4.78, 5) is 36.4. The van der Waals surface area contributed by atoms with Gasteiger partial charge >= 0.3 is 0 Å². The van der Waals surface area contributed by atoms with Gasteiger partial charge in [0.1, 0.15) is 10.6 Å². The highest BCUT2D eigenvalue weighted by molar-refractivity contribution is 7.99. The fourth-order valence-corrected chi connectivity index (χ4v) is 6.11. The van der Waals surface area contributed by atoms with E-state index in [2.05, 4.69) is 27.5 Å². The molecule has 3 aromatic rings. The largest absolute Gasteiger partial charge is 0.383 e. The molecule has 2 aliphatic rings. The third-order valence-corrected chi connectivity index (χ3v) is 7.85. The van der Waals surface area contributed by atoms with E-state index in [-0.39, 0.29) is 23.6 Å². The number of para-hydroxylation sites is 1. The first-order valence-electron chi connectivity index (χ1n) is 10.9. The minimum absolute atomic E-state index is 0.131. The van der Waals surface area contributed by atoms with Crippen molar-refractivity contribution in [1.29, 1.82) is 0 Å². The van der Waals surface area contributed by atoms with Crippen LogP contribution < -0.4 is 16.4 Å². The van der Waals surface area contributed by atoms with Crippen LogP contribution >= 0.6 is 23.1 Å². The van der Waals surface area contributed by atoms with Crippen molar-refractivity contribution in [3.05, 3.63) is 40.3 Å². The van der Waals surface area contributed by atoms with Crippen molar-refractivity contribution >= 4 is 56.6 Å². The molecule has 5 rings (SSSR count). The highest BCUT2D eigenvalue weighted by Gasteiger charge is 2.25. The Morgan fingerprint density at radius 1 is 1.22 bits per heavy atom. The summed E-state index contributed by atoms with van der Waals surface area (Å²) < 4.78 is 0. The van der Waals surface area contributed by atoms with Crippen LogP contribution in [-0.2, 0) is 17.6 Å². The Hall–Kier alpha value is -2.65. The summed E-state index contributed by atoms with van der Waals surface area (Å²) in [6.45, 7) is 2.27. The van der Waals surface area contributed by atoms with Gasteiger partial charge in [0, 0.05) is 10.9 Å². The second-order valence-electron chi connectivity index (χ2n) is 8.55. The van der Waals surface area contributed by atoms with Crippen LogP contribution in [0.5, 0.6) is 0 Å². The van der Waals surface area contributed by atoms with E-state index < -0.39 is 0 Å². The van der Waals surface area contributed by atoms with Crippen LogP contribution in [-0.4, -0.2) is 33.6 Å². The fraction of sp³-hybridized carbons (Fsp3) is 0.391. The molecule has 2 amide bonds. The molecule has 4 N–H and O–H groups in total. The summed E-state index contributed by atoms with van der Waals surface area (Å²) in [7, 11) is 0. The average Bonchev–Trinajstić information content (AvgIpc) is 3.50. The van der Waals surface area contributed by atoms with Crippen LogP contribution in [0.15, 0.2) is 29.4 Å². The monoisotopic (exact) mass is 467 g/mol. The van der Waals surface area contributed by atoms with Crippen molar-refractivity contribution in [3.63, 3.8) is 0 Å². The Balaban J connectivity index is 1.27. The number of carbonyl (C=O) groups is 2. The number of nitrogens with zero attached hydrogens (tertiary/aromatic N) is 2. The molecule has 0 radical (unpaired) electrons. The molecule has 0 bridgehead atoms. The van der Waals surface area contributed by atoms with Crippen LogP contribution in [0.2, 0.25) is 0 Å². The molecule has 1 fully saturated rings. The fourth-order valence-electron chi connectivity index (χ4n) is 4.01. The van der Waals surface area contributed by atoms with Gasteiger partial charge in [0.05, 0.1) is 22.4 Å². The zero-order valence-corrected chi connectivity index (χ0v) is 19.4. The first-order chi connectivity index (χ1) is 15.5. The van der Waals surface area contributed by atoms with Gasteiger partial charge in [-0.3, -0.25) is 9.59 Å².